The van der Waals surface area contributed by atoms with E-state index in [9.17, 15) is 4.79 Å². The molecule has 0 radical (unpaired) electrons. The summed E-state index contributed by atoms with van der Waals surface area (Å²) in [7, 11) is 3.36. The highest BCUT2D eigenvalue weighted by atomic mass is 16.5. The lowest BCUT2D eigenvalue weighted by Crippen LogP contribution is -2.41. The number of nitrogens with one attached hydrogen (secondary N) is 1. The Balaban J connectivity index is 2.49. The molecular formula is C12H24N2O2. The lowest BCUT2D eigenvalue weighted by molar-refractivity contribution is -0.147. The van der Waals surface area contributed by atoms with Gasteiger partial charge in [-0.05, 0) is 45.4 Å². The Morgan fingerprint density at radius 2 is 2.12 bits per heavy atom. The van der Waals surface area contributed by atoms with Crippen molar-refractivity contribution in [2.24, 2.45) is 11.8 Å². The lowest BCUT2D eigenvalue weighted by atomic mass is 9.84. The number of rotatable bonds is 5. The zero-order valence-corrected chi connectivity index (χ0v) is 10.7. The predicted octanol–water partition coefficient (Wildman–Crippen LogP) is 0.727. The number of ether oxygens (including phenoxy) is 1. The highest BCUT2D eigenvalue weighted by Gasteiger charge is 2.31. The van der Waals surface area contributed by atoms with Crippen molar-refractivity contribution in [2.45, 2.75) is 19.8 Å². The molecule has 0 aromatic carbocycles. The molecule has 1 saturated heterocycles. The summed E-state index contributed by atoms with van der Waals surface area (Å²) in [5.74, 6) is 0.431. The number of hydrogen-bond donors (Lipinski definition) is 1. The van der Waals surface area contributed by atoms with E-state index in [2.05, 4.69) is 17.1 Å². The van der Waals surface area contributed by atoms with E-state index >= 15 is 0 Å². The number of piperidine rings is 1. The minimum Gasteiger partial charge on any atom is -0.469 e. The Morgan fingerprint density at radius 1 is 1.50 bits per heavy atom. The summed E-state index contributed by atoms with van der Waals surface area (Å²) in [6, 6.07) is 0. The largest absolute Gasteiger partial charge is 0.469 e. The van der Waals surface area contributed by atoms with Gasteiger partial charge in [0.05, 0.1) is 13.0 Å². The predicted molar refractivity (Wildman–Crippen MR) is 64.3 cm³/mol. The van der Waals surface area contributed by atoms with E-state index in [1.54, 1.807) is 0 Å². The zero-order chi connectivity index (χ0) is 12.0. The molecule has 94 valence electrons. The summed E-state index contributed by atoms with van der Waals surface area (Å²) in [6.07, 6.45) is 2.21. The Bertz CT molecular complexity index is 213. The summed E-state index contributed by atoms with van der Waals surface area (Å²) >= 11 is 0. The SMILES string of the molecule is CCN1CCC(C(CNC)C(=O)OC)CC1. The van der Waals surface area contributed by atoms with Crippen LogP contribution in [0.15, 0.2) is 0 Å². The molecule has 1 fully saturated rings. The van der Waals surface area contributed by atoms with Crippen LogP contribution in [0.3, 0.4) is 0 Å². The second-order valence-corrected chi connectivity index (χ2v) is 4.46. The quantitative estimate of drug-likeness (QED) is 0.704. The number of nitrogens with zero attached hydrogens (tertiary/aromatic N) is 1. The van der Waals surface area contributed by atoms with Crippen molar-refractivity contribution in [3.63, 3.8) is 0 Å². The van der Waals surface area contributed by atoms with E-state index in [1.165, 1.54) is 7.11 Å². The Kier molecular flexibility index (Phi) is 5.77. The molecule has 0 aliphatic carbocycles. The molecule has 1 rings (SSSR count). The van der Waals surface area contributed by atoms with Gasteiger partial charge < -0.3 is 15.0 Å². The summed E-state index contributed by atoms with van der Waals surface area (Å²) in [4.78, 5) is 14.1. The first-order chi connectivity index (χ1) is 7.72. The third-order valence-corrected chi connectivity index (χ3v) is 3.58. The van der Waals surface area contributed by atoms with Crippen molar-refractivity contribution < 1.29 is 9.53 Å². The molecule has 0 amide bonds. The molecule has 0 aromatic rings. The van der Waals surface area contributed by atoms with Gasteiger partial charge in [-0.1, -0.05) is 6.92 Å². The lowest BCUT2D eigenvalue weighted by Gasteiger charge is -2.34. The smallest absolute Gasteiger partial charge is 0.310 e. The highest BCUT2D eigenvalue weighted by molar-refractivity contribution is 5.72. The van der Waals surface area contributed by atoms with Gasteiger partial charge in [0.25, 0.3) is 0 Å². The fraction of sp³-hybridized carbons (Fsp3) is 0.917. The van der Waals surface area contributed by atoms with E-state index in [4.69, 9.17) is 4.74 Å². The maximum atomic E-state index is 11.7. The molecular weight excluding hydrogens is 204 g/mol. The average Bonchev–Trinajstić information content (AvgIpc) is 2.35. The minimum absolute atomic E-state index is 0.0222. The number of likely N-dealkylation sites (tertiary alicyclic amines) is 1. The number of carbonyl (C=O) groups excluding carboxylic acids is 1. The first-order valence-electron chi connectivity index (χ1n) is 6.17. The van der Waals surface area contributed by atoms with Crippen LogP contribution >= 0.6 is 0 Å². The van der Waals surface area contributed by atoms with Crippen LogP contribution in [-0.2, 0) is 9.53 Å². The third-order valence-electron chi connectivity index (χ3n) is 3.58. The van der Waals surface area contributed by atoms with Gasteiger partial charge in [0.2, 0.25) is 0 Å². The van der Waals surface area contributed by atoms with Crippen molar-refractivity contribution in [1.82, 2.24) is 10.2 Å². The van der Waals surface area contributed by atoms with Gasteiger partial charge >= 0.3 is 5.97 Å². The molecule has 4 nitrogen and oxygen atoms in total. The summed E-state index contributed by atoms with van der Waals surface area (Å²) in [6.45, 7) is 6.24. The molecule has 1 aliphatic rings. The van der Waals surface area contributed by atoms with Crippen LogP contribution in [0.2, 0.25) is 0 Å². The Hall–Kier alpha value is -0.610. The molecule has 1 N–H and O–H groups in total. The highest BCUT2D eigenvalue weighted by Crippen LogP contribution is 2.25. The van der Waals surface area contributed by atoms with Gasteiger partial charge in [0, 0.05) is 6.54 Å². The van der Waals surface area contributed by atoms with Crippen LogP contribution in [0.1, 0.15) is 19.8 Å². The molecule has 0 bridgehead atoms. The van der Waals surface area contributed by atoms with Crippen molar-refractivity contribution >= 4 is 5.97 Å². The van der Waals surface area contributed by atoms with E-state index in [0.717, 1.165) is 39.0 Å². The van der Waals surface area contributed by atoms with Crippen LogP contribution in [-0.4, -0.2) is 51.2 Å². The normalized spacial score (nSPS) is 20.7. The first-order valence-corrected chi connectivity index (χ1v) is 6.17. The van der Waals surface area contributed by atoms with Crippen LogP contribution in [0, 0.1) is 11.8 Å². The van der Waals surface area contributed by atoms with Crippen LogP contribution in [0.25, 0.3) is 0 Å². The minimum atomic E-state index is -0.0655. The van der Waals surface area contributed by atoms with Gasteiger partial charge in [-0.25, -0.2) is 0 Å². The zero-order valence-electron chi connectivity index (χ0n) is 10.7. The molecule has 1 atom stereocenters. The Labute approximate surface area is 98.3 Å². The summed E-state index contributed by atoms with van der Waals surface area (Å²) < 4.78 is 4.88. The molecule has 0 aromatic heterocycles. The molecule has 1 aliphatic heterocycles. The van der Waals surface area contributed by atoms with Gasteiger partial charge in [-0.15, -0.1) is 0 Å². The topological polar surface area (TPSA) is 41.6 Å². The third kappa shape index (κ3) is 3.46. The fourth-order valence-electron chi connectivity index (χ4n) is 2.49. The van der Waals surface area contributed by atoms with Gasteiger partial charge in [-0.2, -0.15) is 0 Å². The fourth-order valence-corrected chi connectivity index (χ4v) is 2.49. The van der Waals surface area contributed by atoms with Gasteiger partial charge in [-0.3, -0.25) is 4.79 Å². The van der Waals surface area contributed by atoms with E-state index < -0.39 is 0 Å². The summed E-state index contributed by atoms with van der Waals surface area (Å²) in [5.41, 5.74) is 0. The first kappa shape index (κ1) is 13.5. The van der Waals surface area contributed by atoms with Crippen LogP contribution in [0.4, 0.5) is 0 Å². The van der Waals surface area contributed by atoms with E-state index in [-0.39, 0.29) is 11.9 Å². The standard InChI is InChI=1S/C12H24N2O2/c1-4-14-7-5-10(6-8-14)11(9-13-2)12(15)16-3/h10-11,13H,4-9H2,1-3H3. The van der Waals surface area contributed by atoms with E-state index in [0.29, 0.717) is 5.92 Å². The number of methoxy groups -OCH3 is 1. The van der Waals surface area contributed by atoms with Crippen LogP contribution in [0.5, 0.6) is 0 Å². The van der Waals surface area contributed by atoms with Gasteiger partial charge in [0.1, 0.15) is 0 Å². The van der Waals surface area contributed by atoms with Crippen LogP contribution < -0.4 is 5.32 Å². The number of hydrogen-bond acceptors (Lipinski definition) is 4. The number of esters is 1. The van der Waals surface area contributed by atoms with Crippen molar-refractivity contribution in [3.05, 3.63) is 0 Å². The molecule has 1 heterocycles. The molecule has 0 saturated carbocycles. The van der Waals surface area contributed by atoms with E-state index in [1.807, 2.05) is 7.05 Å². The molecule has 0 spiro atoms. The molecule has 4 heteroatoms. The molecule has 1 unspecified atom stereocenters. The number of carbonyl (C=O) groups is 1. The maximum Gasteiger partial charge on any atom is 0.310 e. The maximum absolute atomic E-state index is 11.7. The average molecular weight is 228 g/mol. The monoisotopic (exact) mass is 228 g/mol. The Morgan fingerprint density at radius 3 is 2.56 bits per heavy atom. The van der Waals surface area contributed by atoms with Crippen molar-refractivity contribution in [1.29, 1.82) is 0 Å². The molecule has 16 heavy (non-hydrogen) atoms. The van der Waals surface area contributed by atoms with Crippen molar-refractivity contribution in [3.8, 4) is 0 Å². The summed E-state index contributed by atoms with van der Waals surface area (Å²) in [5, 5.41) is 3.09. The second kappa shape index (κ2) is 6.86. The second-order valence-electron chi connectivity index (χ2n) is 4.46. The van der Waals surface area contributed by atoms with Crippen molar-refractivity contribution in [2.75, 3.05) is 40.3 Å². The van der Waals surface area contributed by atoms with Gasteiger partial charge in [0.15, 0.2) is 0 Å².